The molecule has 0 aliphatic rings. The van der Waals surface area contributed by atoms with Crippen molar-refractivity contribution in [3.8, 4) is 0 Å². The summed E-state index contributed by atoms with van der Waals surface area (Å²) in [5, 5.41) is 16.7. The molecule has 110 valence electrons. The summed E-state index contributed by atoms with van der Waals surface area (Å²) in [7, 11) is 5.10. The fourth-order valence-electron chi connectivity index (χ4n) is 1.74. The zero-order valence-corrected chi connectivity index (χ0v) is 12.8. The van der Waals surface area contributed by atoms with Crippen LogP contribution >= 0.6 is 11.8 Å². The predicted molar refractivity (Wildman–Crippen MR) is 73.1 cm³/mol. The van der Waals surface area contributed by atoms with Crippen LogP contribution in [0.15, 0.2) is 11.2 Å². The van der Waals surface area contributed by atoms with E-state index in [2.05, 4.69) is 20.6 Å². The monoisotopic (exact) mass is 298 g/mol. The Labute approximate surface area is 121 Å². The topological polar surface area (TPSA) is 79.9 Å². The van der Waals surface area contributed by atoms with E-state index in [1.807, 2.05) is 24.7 Å². The number of thioether (sulfide) groups is 1. The Morgan fingerprint density at radius 3 is 2.70 bits per heavy atom. The number of rotatable bonds is 7. The first kappa shape index (κ1) is 14.9. The highest BCUT2D eigenvalue weighted by Crippen LogP contribution is 2.20. The maximum atomic E-state index is 5.15. The van der Waals surface area contributed by atoms with Crippen LogP contribution in [0.25, 0.3) is 0 Å². The number of hydrogen-bond acceptors (Lipinski definition) is 7. The lowest BCUT2D eigenvalue weighted by Crippen LogP contribution is -2.21. The van der Waals surface area contributed by atoms with Crippen molar-refractivity contribution in [3.05, 3.63) is 17.5 Å². The third kappa shape index (κ3) is 3.56. The van der Waals surface area contributed by atoms with Crippen LogP contribution in [0.5, 0.6) is 0 Å². The van der Waals surface area contributed by atoms with Gasteiger partial charge in [0.05, 0.1) is 12.2 Å². The molecule has 20 heavy (non-hydrogen) atoms. The van der Waals surface area contributed by atoms with Gasteiger partial charge in [-0.3, -0.25) is 4.68 Å². The molecule has 0 saturated heterocycles. The molecule has 0 bridgehead atoms. The molecule has 0 aliphatic heterocycles. The quantitative estimate of drug-likeness (QED) is 0.547. The highest BCUT2D eigenvalue weighted by Gasteiger charge is 2.13. The molecule has 0 amide bonds. The molecule has 2 aromatic rings. The van der Waals surface area contributed by atoms with Gasteiger partial charge in [-0.2, -0.15) is 5.10 Å². The smallest absolute Gasteiger partial charge is 0.209 e. The van der Waals surface area contributed by atoms with E-state index >= 15 is 0 Å². The van der Waals surface area contributed by atoms with Crippen molar-refractivity contribution < 1.29 is 9.47 Å². The van der Waals surface area contributed by atoms with Crippen LogP contribution in [-0.4, -0.2) is 50.5 Å². The predicted octanol–water partition coefficient (Wildman–Crippen LogP) is 0.626. The summed E-state index contributed by atoms with van der Waals surface area (Å²) < 4.78 is 13.8. The number of tetrazole rings is 1. The Morgan fingerprint density at radius 1 is 1.35 bits per heavy atom. The van der Waals surface area contributed by atoms with Crippen LogP contribution in [0, 0.1) is 6.92 Å². The van der Waals surface area contributed by atoms with Crippen molar-refractivity contribution in [3.63, 3.8) is 0 Å². The van der Waals surface area contributed by atoms with Crippen LogP contribution in [0.3, 0.4) is 0 Å². The third-order valence-corrected chi connectivity index (χ3v) is 3.79. The summed E-state index contributed by atoms with van der Waals surface area (Å²) in [6, 6.07) is 2.05. The molecule has 8 nitrogen and oxygen atoms in total. The minimum Gasteiger partial charge on any atom is -0.354 e. The molecular formula is C11H18N6O2S. The van der Waals surface area contributed by atoms with Crippen molar-refractivity contribution >= 4 is 11.8 Å². The van der Waals surface area contributed by atoms with E-state index in [0.29, 0.717) is 6.54 Å². The van der Waals surface area contributed by atoms with E-state index in [1.54, 1.807) is 30.7 Å². The van der Waals surface area contributed by atoms with E-state index < -0.39 is 0 Å². The summed E-state index contributed by atoms with van der Waals surface area (Å²) in [4.78, 5) is 0. The molecule has 2 aromatic heterocycles. The molecule has 0 unspecified atom stereocenters. The molecule has 0 atom stereocenters. The van der Waals surface area contributed by atoms with Crippen molar-refractivity contribution in [2.45, 2.75) is 30.7 Å². The number of aryl methyl sites for hydroxylation is 2. The van der Waals surface area contributed by atoms with Crippen LogP contribution in [0.2, 0.25) is 0 Å². The Hall–Kier alpha value is -1.45. The lowest BCUT2D eigenvalue weighted by Gasteiger charge is -2.13. The largest absolute Gasteiger partial charge is 0.354 e. The number of methoxy groups -OCH3 is 2. The second-order valence-electron chi connectivity index (χ2n) is 4.23. The van der Waals surface area contributed by atoms with E-state index in [0.717, 1.165) is 22.3 Å². The van der Waals surface area contributed by atoms with Crippen molar-refractivity contribution in [1.29, 1.82) is 0 Å². The van der Waals surface area contributed by atoms with Gasteiger partial charge in [-0.15, -0.1) is 5.10 Å². The maximum Gasteiger partial charge on any atom is 0.209 e. The SMILES string of the molecule is COC(Cn1nnnc1SCc1cc(C)nn1C)OC. The number of hydrogen-bond donors (Lipinski definition) is 0. The van der Waals surface area contributed by atoms with Gasteiger partial charge in [0.2, 0.25) is 5.16 Å². The molecule has 0 radical (unpaired) electrons. The molecule has 0 saturated carbocycles. The third-order valence-electron chi connectivity index (χ3n) is 2.79. The van der Waals surface area contributed by atoms with Crippen molar-refractivity contribution in [1.82, 2.24) is 30.0 Å². The molecule has 0 spiro atoms. The zero-order chi connectivity index (χ0) is 14.5. The van der Waals surface area contributed by atoms with Gasteiger partial charge in [0, 0.05) is 32.7 Å². The standard InChI is InChI=1S/C11H18N6O2S/c1-8-5-9(16(2)13-8)7-20-11-12-14-15-17(11)6-10(18-3)19-4/h5,10H,6-7H2,1-4H3. The van der Waals surface area contributed by atoms with Gasteiger partial charge < -0.3 is 9.47 Å². The second kappa shape index (κ2) is 6.82. The summed E-state index contributed by atoms with van der Waals surface area (Å²) in [5.41, 5.74) is 2.12. The van der Waals surface area contributed by atoms with Crippen molar-refractivity contribution in [2.75, 3.05) is 14.2 Å². The number of nitrogens with zero attached hydrogens (tertiary/aromatic N) is 6. The van der Waals surface area contributed by atoms with E-state index in [1.165, 1.54) is 0 Å². The van der Waals surface area contributed by atoms with E-state index in [4.69, 9.17) is 9.47 Å². The number of ether oxygens (including phenoxy) is 2. The fourth-order valence-corrected chi connectivity index (χ4v) is 2.64. The van der Waals surface area contributed by atoms with Gasteiger partial charge in [0.1, 0.15) is 0 Å². The summed E-state index contributed by atoms with van der Waals surface area (Å²) in [6.45, 7) is 2.42. The van der Waals surface area contributed by atoms with Crippen LogP contribution < -0.4 is 0 Å². The fraction of sp³-hybridized carbons (Fsp3) is 0.636. The van der Waals surface area contributed by atoms with Gasteiger partial charge >= 0.3 is 0 Å². The molecule has 2 heterocycles. The van der Waals surface area contributed by atoms with Gasteiger partial charge in [0.15, 0.2) is 6.29 Å². The Bertz CT molecular complexity index is 551. The Morgan fingerprint density at radius 2 is 2.10 bits per heavy atom. The summed E-state index contributed by atoms with van der Waals surface area (Å²) in [5.74, 6) is 0.752. The lowest BCUT2D eigenvalue weighted by molar-refractivity contribution is -0.113. The first-order valence-electron chi connectivity index (χ1n) is 6.08. The molecule has 0 fully saturated rings. The van der Waals surface area contributed by atoms with Gasteiger partial charge in [-0.05, 0) is 23.4 Å². The lowest BCUT2D eigenvalue weighted by atomic mass is 10.4. The first-order chi connectivity index (χ1) is 9.63. The minimum absolute atomic E-state index is 0.364. The zero-order valence-electron chi connectivity index (χ0n) is 12.0. The van der Waals surface area contributed by atoms with Crippen molar-refractivity contribution in [2.24, 2.45) is 7.05 Å². The van der Waals surface area contributed by atoms with Gasteiger partial charge in [-0.25, -0.2) is 4.68 Å². The molecule has 2 rings (SSSR count). The second-order valence-corrected chi connectivity index (χ2v) is 5.18. The highest BCUT2D eigenvalue weighted by atomic mass is 32.2. The molecule has 9 heteroatoms. The molecular weight excluding hydrogens is 280 g/mol. The van der Waals surface area contributed by atoms with Gasteiger partial charge in [0.25, 0.3) is 0 Å². The molecule has 0 aromatic carbocycles. The Kier molecular flexibility index (Phi) is 5.10. The summed E-state index contributed by atoms with van der Waals surface area (Å²) in [6.07, 6.45) is -0.364. The first-order valence-corrected chi connectivity index (χ1v) is 7.06. The average Bonchev–Trinajstić information content (AvgIpc) is 2.99. The van der Waals surface area contributed by atoms with E-state index in [9.17, 15) is 0 Å². The Balaban J connectivity index is 2.00. The van der Waals surface area contributed by atoms with Gasteiger partial charge in [-0.1, -0.05) is 11.8 Å². The highest BCUT2D eigenvalue weighted by molar-refractivity contribution is 7.98. The maximum absolute atomic E-state index is 5.15. The number of aromatic nitrogens is 6. The normalized spacial score (nSPS) is 11.4. The van der Waals surface area contributed by atoms with Crippen LogP contribution in [0.1, 0.15) is 11.4 Å². The van der Waals surface area contributed by atoms with Crippen LogP contribution in [0.4, 0.5) is 0 Å². The average molecular weight is 298 g/mol. The molecule has 0 aliphatic carbocycles. The molecule has 0 N–H and O–H groups in total. The van der Waals surface area contributed by atoms with E-state index in [-0.39, 0.29) is 6.29 Å². The summed E-state index contributed by atoms with van der Waals surface area (Å²) >= 11 is 1.55. The van der Waals surface area contributed by atoms with Crippen LogP contribution in [-0.2, 0) is 28.8 Å². The minimum atomic E-state index is -0.364.